The van der Waals surface area contributed by atoms with Gasteiger partial charge in [-0.05, 0) is 30.7 Å². The Morgan fingerprint density at radius 1 is 1.27 bits per heavy atom. The van der Waals surface area contributed by atoms with Gasteiger partial charge in [-0.25, -0.2) is 19.8 Å². The maximum absolute atomic E-state index is 13.9. The van der Waals surface area contributed by atoms with E-state index in [1.807, 2.05) is 0 Å². The van der Waals surface area contributed by atoms with Crippen molar-refractivity contribution in [2.24, 2.45) is 0 Å². The lowest BCUT2D eigenvalue weighted by Gasteiger charge is -2.32. The molecule has 160 valence electrons. The first-order valence-electron chi connectivity index (χ1n) is 9.05. The van der Waals surface area contributed by atoms with E-state index in [-0.39, 0.29) is 10.6 Å². The van der Waals surface area contributed by atoms with Gasteiger partial charge in [-0.3, -0.25) is 4.84 Å². The van der Waals surface area contributed by atoms with Crippen molar-refractivity contribution in [3.8, 4) is 0 Å². The Morgan fingerprint density at radius 2 is 2.03 bits per heavy atom. The Labute approximate surface area is 175 Å². The highest BCUT2D eigenvalue weighted by Crippen LogP contribution is 2.41. The van der Waals surface area contributed by atoms with Crippen LogP contribution in [0.3, 0.4) is 0 Å². The molecular weight excluding hydrogens is 419 g/mol. The van der Waals surface area contributed by atoms with E-state index in [4.69, 9.17) is 21.2 Å². The molecule has 2 aromatic heterocycles. The molecule has 0 aliphatic carbocycles. The van der Waals surface area contributed by atoms with Gasteiger partial charge in [0.15, 0.2) is 12.0 Å². The zero-order valence-electron chi connectivity index (χ0n) is 16.0. The summed E-state index contributed by atoms with van der Waals surface area (Å²) in [6.45, 7) is 1.37. The molecule has 1 saturated heterocycles. The number of hydrogen-bond donors (Lipinski definition) is 4. The molecule has 0 radical (unpaired) electrons. The first-order chi connectivity index (χ1) is 14.3. The van der Waals surface area contributed by atoms with Crippen molar-refractivity contribution in [2.75, 3.05) is 12.6 Å². The van der Waals surface area contributed by atoms with Crippen LogP contribution in [-0.4, -0.2) is 55.3 Å². The highest BCUT2D eigenvalue weighted by molar-refractivity contribution is 6.30. The highest BCUT2D eigenvalue weighted by Gasteiger charge is 2.52. The minimum atomic E-state index is -1.82. The number of anilines is 1. The zero-order chi connectivity index (χ0) is 21.6. The van der Waals surface area contributed by atoms with Crippen LogP contribution in [0.2, 0.25) is 5.02 Å². The summed E-state index contributed by atoms with van der Waals surface area (Å²) in [6, 6.07) is 5.50. The summed E-state index contributed by atoms with van der Waals surface area (Å²) in [6.07, 6.45) is -2.24. The number of aliphatic hydroxyl groups excluding tert-OH is 2. The number of aromatic nitrogens is 3. The topological polar surface area (TPSA) is 122 Å². The second-order valence-corrected chi connectivity index (χ2v) is 7.60. The van der Waals surface area contributed by atoms with Crippen molar-refractivity contribution in [1.82, 2.24) is 14.5 Å². The number of rotatable bonds is 5. The van der Waals surface area contributed by atoms with E-state index >= 15 is 0 Å². The molecule has 1 aromatic carbocycles. The molecule has 0 spiro atoms. The van der Waals surface area contributed by atoms with Crippen LogP contribution in [0, 0.1) is 5.82 Å². The third kappa shape index (κ3) is 3.31. The van der Waals surface area contributed by atoms with Crippen LogP contribution < -0.4 is 5.48 Å². The smallest absolute Gasteiger partial charge is 0.164 e. The maximum Gasteiger partial charge on any atom is 0.164 e. The molecule has 0 unspecified atom stereocenters. The lowest BCUT2D eigenvalue weighted by atomic mass is 9.86. The molecule has 0 saturated carbocycles. The summed E-state index contributed by atoms with van der Waals surface area (Å²) >= 11 is 5.72. The number of nitrogens with one attached hydrogen (secondary N) is 1. The minimum Gasteiger partial charge on any atom is -0.387 e. The Bertz CT molecular complexity index is 1080. The number of aliphatic hydroxyl groups is 3. The van der Waals surface area contributed by atoms with Crippen molar-refractivity contribution in [2.45, 2.75) is 37.1 Å². The Balaban J connectivity index is 1.69. The standard InChI is InChI=1S/C19H20ClFN4O5/c1-19(28,9-3-4-11(20)12(21)7-9)15-13(26)14(27)18(30-15)25-6-5-10-16(24-29-2)22-8-23-17(10)25/h3-8,13-15,18,26-28H,1-2H3,(H,22,23,24)/t13-,14+,15-,18+,19+/m0/s1. The van der Waals surface area contributed by atoms with E-state index in [1.54, 1.807) is 12.3 Å². The van der Waals surface area contributed by atoms with Gasteiger partial charge in [-0.1, -0.05) is 17.7 Å². The predicted octanol–water partition coefficient (Wildman–Crippen LogP) is 1.72. The van der Waals surface area contributed by atoms with Crippen LogP contribution in [-0.2, 0) is 15.2 Å². The molecule has 1 aliphatic heterocycles. The van der Waals surface area contributed by atoms with Gasteiger partial charge in [-0.15, -0.1) is 0 Å². The monoisotopic (exact) mass is 438 g/mol. The summed E-state index contributed by atoms with van der Waals surface area (Å²) < 4.78 is 21.3. The summed E-state index contributed by atoms with van der Waals surface area (Å²) in [4.78, 5) is 13.2. The van der Waals surface area contributed by atoms with Gasteiger partial charge in [0.1, 0.15) is 41.7 Å². The molecular formula is C19H20ClFN4O5. The van der Waals surface area contributed by atoms with Crippen LogP contribution >= 0.6 is 11.6 Å². The largest absolute Gasteiger partial charge is 0.387 e. The number of fused-ring (bicyclic) bond motifs is 1. The van der Waals surface area contributed by atoms with Gasteiger partial charge >= 0.3 is 0 Å². The highest BCUT2D eigenvalue weighted by atomic mass is 35.5. The molecule has 0 bridgehead atoms. The Kier molecular flexibility index (Phi) is 5.39. The van der Waals surface area contributed by atoms with Gasteiger partial charge in [0.05, 0.1) is 17.5 Å². The Morgan fingerprint density at radius 3 is 2.73 bits per heavy atom. The quantitative estimate of drug-likeness (QED) is 0.444. The Hall–Kier alpha value is -2.34. The lowest BCUT2D eigenvalue weighted by Crippen LogP contribution is -2.45. The molecule has 9 nitrogen and oxygen atoms in total. The summed E-state index contributed by atoms with van der Waals surface area (Å²) in [5.41, 5.74) is 1.38. The summed E-state index contributed by atoms with van der Waals surface area (Å²) in [7, 11) is 1.44. The zero-order valence-corrected chi connectivity index (χ0v) is 16.8. The van der Waals surface area contributed by atoms with Crippen LogP contribution in [0.4, 0.5) is 10.2 Å². The minimum absolute atomic E-state index is 0.0979. The van der Waals surface area contributed by atoms with Gasteiger partial charge in [0.2, 0.25) is 0 Å². The number of nitrogens with zero attached hydrogens (tertiary/aromatic N) is 3. The molecule has 30 heavy (non-hydrogen) atoms. The molecule has 4 rings (SSSR count). The maximum atomic E-state index is 13.9. The molecule has 3 aromatic rings. The first-order valence-corrected chi connectivity index (χ1v) is 9.43. The van der Waals surface area contributed by atoms with Gasteiger partial charge < -0.3 is 24.6 Å². The normalized spacial score (nSPS) is 26.1. The van der Waals surface area contributed by atoms with Crippen molar-refractivity contribution in [3.63, 3.8) is 0 Å². The second-order valence-electron chi connectivity index (χ2n) is 7.19. The van der Waals surface area contributed by atoms with Crippen molar-refractivity contribution in [1.29, 1.82) is 0 Å². The van der Waals surface area contributed by atoms with E-state index in [1.165, 1.54) is 37.1 Å². The molecule has 3 heterocycles. The van der Waals surface area contributed by atoms with Crippen molar-refractivity contribution < 1.29 is 29.3 Å². The van der Waals surface area contributed by atoms with Crippen molar-refractivity contribution >= 4 is 28.5 Å². The van der Waals surface area contributed by atoms with Gasteiger partial charge in [0.25, 0.3) is 0 Å². The number of benzene rings is 1. The van der Waals surface area contributed by atoms with Gasteiger partial charge in [0, 0.05) is 6.20 Å². The molecule has 11 heteroatoms. The SMILES string of the molecule is CONc1ncnc2c1ccn2[C@@H]1O[C@H]([C@](C)(O)c2ccc(Cl)c(F)c2)[C@@H](O)[C@H]1O. The van der Waals surface area contributed by atoms with E-state index < -0.39 is 36.0 Å². The second kappa shape index (κ2) is 7.73. The fraction of sp³-hybridized carbons (Fsp3) is 0.368. The van der Waals surface area contributed by atoms with Crippen molar-refractivity contribution in [3.05, 3.63) is 53.2 Å². The van der Waals surface area contributed by atoms with E-state index in [0.717, 1.165) is 6.07 Å². The van der Waals surface area contributed by atoms with Crippen LogP contribution in [0.1, 0.15) is 18.7 Å². The molecule has 5 atom stereocenters. The summed E-state index contributed by atoms with van der Waals surface area (Å²) in [5.74, 6) is -0.306. The number of hydrogen-bond acceptors (Lipinski definition) is 8. The van der Waals surface area contributed by atoms with E-state index in [9.17, 15) is 19.7 Å². The fourth-order valence-corrected chi connectivity index (χ4v) is 3.80. The molecule has 1 fully saturated rings. The molecule has 1 aliphatic rings. The van der Waals surface area contributed by atoms with Crippen LogP contribution in [0.15, 0.2) is 36.8 Å². The van der Waals surface area contributed by atoms with Crippen LogP contribution in [0.25, 0.3) is 11.0 Å². The average Bonchev–Trinajstić information content (AvgIpc) is 3.27. The third-order valence-electron chi connectivity index (χ3n) is 5.28. The van der Waals surface area contributed by atoms with Gasteiger partial charge in [-0.2, -0.15) is 0 Å². The number of halogens is 2. The molecule has 0 amide bonds. The molecule has 4 N–H and O–H groups in total. The third-order valence-corrected chi connectivity index (χ3v) is 5.59. The summed E-state index contributed by atoms with van der Waals surface area (Å²) in [5, 5.41) is 32.8. The average molecular weight is 439 g/mol. The fourth-order valence-electron chi connectivity index (χ4n) is 3.68. The lowest BCUT2D eigenvalue weighted by molar-refractivity contribution is -0.135. The van der Waals surface area contributed by atoms with E-state index in [0.29, 0.717) is 16.9 Å². The predicted molar refractivity (Wildman–Crippen MR) is 105 cm³/mol. The first kappa shape index (κ1) is 20.9. The number of ether oxygens (including phenoxy) is 1. The van der Waals surface area contributed by atoms with Crippen LogP contribution in [0.5, 0.6) is 0 Å². The van der Waals surface area contributed by atoms with E-state index in [2.05, 4.69) is 15.4 Å².